The Morgan fingerprint density at radius 3 is 2.29 bits per heavy atom. The van der Waals surface area contributed by atoms with E-state index in [4.69, 9.17) is 14.2 Å². The van der Waals surface area contributed by atoms with Crippen molar-refractivity contribution in [2.45, 2.75) is 20.0 Å². The van der Waals surface area contributed by atoms with Crippen LogP contribution in [0.1, 0.15) is 34.6 Å². The summed E-state index contributed by atoms with van der Waals surface area (Å²) in [5.74, 6) is 0.179. The van der Waals surface area contributed by atoms with E-state index in [0.717, 1.165) is 0 Å². The Morgan fingerprint density at radius 2 is 1.75 bits per heavy atom. The lowest BCUT2D eigenvalue weighted by molar-refractivity contribution is 0.0318. The monoisotopic (exact) mass is 329 g/mol. The van der Waals surface area contributed by atoms with Crippen molar-refractivity contribution in [2.75, 3.05) is 13.7 Å². The first-order valence-corrected chi connectivity index (χ1v) is 7.53. The van der Waals surface area contributed by atoms with Crippen molar-refractivity contribution in [3.63, 3.8) is 0 Å². The fraction of sp³-hybridized carbons (Fsp3) is 0.278. The predicted octanol–water partition coefficient (Wildman–Crippen LogP) is 2.92. The zero-order chi connectivity index (χ0) is 17.5. The lowest BCUT2D eigenvalue weighted by atomic mass is 10.1. The van der Waals surface area contributed by atoms with Crippen molar-refractivity contribution < 1.29 is 23.8 Å². The standard InChI is InChI=1S/C18H19NO5/c1-4-23-15-8-5-13(6-9-15)17(20)12(2)24-18(21)14-7-10-16(22-3)19-11-14/h5-12H,4H2,1-3H3/t12-/m1/s1. The Bertz CT molecular complexity index is 694. The van der Waals surface area contributed by atoms with Crippen LogP contribution in [0.5, 0.6) is 11.6 Å². The second-order valence-corrected chi connectivity index (χ2v) is 4.96. The molecule has 2 aromatic rings. The minimum absolute atomic E-state index is 0.252. The van der Waals surface area contributed by atoms with Crippen molar-refractivity contribution in [3.8, 4) is 11.6 Å². The molecule has 0 spiro atoms. The van der Waals surface area contributed by atoms with Crippen molar-refractivity contribution in [1.82, 2.24) is 4.98 Å². The van der Waals surface area contributed by atoms with Gasteiger partial charge >= 0.3 is 5.97 Å². The van der Waals surface area contributed by atoms with Gasteiger partial charge in [0, 0.05) is 17.8 Å². The molecule has 0 amide bonds. The summed E-state index contributed by atoms with van der Waals surface area (Å²) < 4.78 is 15.5. The van der Waals surface area contributed by atoms with Crippen molar-refractivity contribution in [1.29, 1.82) is 0 Å². The van der Waals surface area contributed by atoms with Crippen LogP contribution in [0.3, 0.4) is 0 Å². The van der Waals surface area contributed by atoms with Gasteiger partial charge in [-0.2, -0.15) is 0 Å². The molecule has 6 heteroatoms. The van der Waals surface area contributed by atoms with Gasteiger partial charge in [0.2, 0.25) is 11.7 Å². The summed E-state index contributed by atoms with van der Waals surface area (Å²) >= 11 is 0. The normalized spacial score (nSPS) is 11.5. The predicted molar refractivity (Wildman–Crippen MR) is 87.6 cm³/mol. The number of aromatic nitrogens is 1. The van der Waals surface area contributed by atoms with E-state index in [-0.39, 0.29) is 11.3 Å². The topological polar surface area (TPSA) is 74.7 Å². The third kappa shape index (κ3) is 4.32. The first-order chi connectivity index (χ1) is 11.5. The zero-order valence-corrected chi connectivity index (χ0v) is 13.8. The van der Waals surface area contributed by atoms with Gasteiger partial charge in [0.05, 0.1) is 19.3 Å². The van der Waals surface area contributed by atoms with Gasteiger partial charge in [0.15, 0.2) is 6.10 Å². The van der Waals surface area contributed by atoms with Crippen molar-refractivity contribution in [3.05, 3.63) is 53.7 Å². The molecule has 1 aromatic carbocycles. The number of pyridine rings is 1. The van der Waals surface area contributed by atoms with Crippen LogP contribution in [0.4, 0.5) is 0 Å². The maximum absolute atomic E-state index is 12.3. The van der Waals surface area contributed by atoms with E-state index in [1.165, 1.54) is 26.3 Å². The second kappa shape index (κ2) is 8.10. The number of nitrogens with zero attached hydrogens (tertiary/aromatic N) is 1. The zero-order valence-electron chi connectivity index (χ0n) is 13.8. The molecule has 0 fully saturated rings. The van der Waals surface area contributed by atoms with Gasteiger partial charge in [-0.15, -0.1) is 0 Å². The van der Waals surface area contributed by atoms with Crippen LogP contribution < -0.4 is 9.47 Å². The Labute approximate surface area is 140 Å². The highest BCUT2D eigenvalue weighted by molar-refractivity contribution is 6.01. The van der Waals surface area contributed by atoms with Crippen LogP contribution in [0.2, 0.25) is 0 Å². The van der Waals surface area contributed by atoms with Crippen molar-refractivity contribution in [2.24, 2.45) is 0 Å². The average Bonchev–Trinajstić information content (AvgIpc) is 2.62. The third-order valence-electron chi connectivity index (χ3n) is 3.28. The molecule has 0 radical (unpaired) electrons. The van der Waals surface area contributed by atoms with E-state index in [2.05, 4.69) is 4.98 Å². The number of ketones is 1. The number of rotatable bonds is 7. The molecule has 0 unspecified atom stereocenters. The molecule has 0 aliphatic carbocycles. The molecular formula is C18H19NO5. The van der Waals surface area contributed by atoms with Gasteiger partial charge in [-0.25, -0.2) is 9.78 Å². The molecular weight excluding hydrogens is 310 g/mol. The number of hydrogen-bond donors (Lipinski definition) is 0. The van der Waals surface area contributed by atoms with Crippen LogP contribution in [-0.2, 0) is 4.74 Å². The molecule has 0 aliphatic rings. The Kier molecular flexibility index (Phi) is 5.89. The van der Waals surface area contributed by atoms with Crippen LogP contribution >= 0.6 is 0 Å². The minimum Gasteiger partial charge on any atom is -0.494 e. The molecule has 24 heavy (non-hydrogen) atoms. The van der Waals surface area contributed by atoms with E-state index in [1.807, 2.05) is 6.92 Å². The van der Waals surface area contributed by atoms with Gasteiger partial charge in [-0.3, -0.25) is 4.79 Å². The number of ether oxygens (including phenoxy) is 3. The lowest BCUT2D eigenvalue weighted by Gasteiger charge is -2.13. The molecule has 0 saturated heterocycles. The molecule has 0 aliphatic heterocycles. The van der Waals surface area contributed by atoms with Crippen LogP contribution in [-0.4, -0.2) is 36.6 Å². The van der Waals surface area contributed by atoms with Gasteiger partial charge in [-0.1, -0.05) is 0 Å². The van der Waals surface area contributed by atoms with Gasteiger partial charge < -0.3 is 14.2 Å². The van der Waals surface area contributed by atoms with Gasteiger partial charge in [-0.05, 0) is 44.2 Å². The van der Waals surface area contributed by atoms with Crippen LogP contribution in [0.25, 0.3) is 0 Å². The fourth-order valence-electron chi connectivity index (χ4n) is 2.02. The van der Waals surface area contributed by atoms with E-state index >= 15 is 0 Å². The Balaban J connectivity index is 2.00. The van der Waals surface area contributed by atoms with Crippen molar-refractivity contribution >= 4 is 11.8 Å². The summed E-state index contributed by atoms with van der Waals surface area (Å²) in [5, 5.41) is 0. The highest BCUT2D eigenvalue weighted by atomic mass is 16.5. The largest absolute Gasteiger partial charge is 0.494 e. The van der Waals surface area contributed by atoms with Gasteiger partial charge in [0.25, 0.3) is 0 Å². The summed E-state index contributed by atoms with van der Waals surface area (Å²) in [6.07, 6.45) is 0.437. The first kappa shape index (κ1) is 17.5. The summed E-state index contributed by atoms with van der Waals surface area (Å²) in [6, 6.07) is 9.79. The van der Waals surface area contributed by atoms with E-state index in [9.17, 15) is 9.59 Å². The number of carbonyl (C=O) groups excluding carboxylic acids is 2. The molecule has 0 saturated carbocycles. The summed E-state index contributed by atoms with van der Waals surface area (Å²) in [7, 11) is 1.48. The van der Waals surface area contributed by atoms with Crippen LogP contribution in [0, 0.1) is 0 Å². The maximum atomic E-state index is 12.3. The fourth-order valence-corrected chi connectivity index (χ4v) is 2.02. The molecule has 1 aromatic heterocycles. The average molecular weight is 329 g/mol. The van der Waals surface area contributed by atoms with E-state index in [0.29, 0.717) is 23.8 Å². The number of carbonyl (C=O) groups is 2. The minimum atomic E-state index is -0.905. The maximum Gasteiger partial charge on any atom is 0.340 e. The SMILES string of the molecule is CCOc1ccc(C(=O)[C@@H](C)OC(=O)c2ccc(OC)nc2)cc1. The van der Waals surface area contributed by atoms with Crippen LogP contribution in [0.15, 0.2) is 42.6 Å². The van der Waals surface area contributed by atoms with Gasteiger partial charge in [0.1, 0.15) is 5.75 Å². The summed E-state index contributed by atoms with van der Waals surface area (Å²) in [4.78, 5) is 28.3. The quantitative estimate of drug-likeness (QED) is 0.574. The highest BCUT2D eigenvalue weighted by Gasteiger charge is 2.20. The summed E-state index contributed by atoms with van der Waals surface area (Å²) in [6.45, 7) is 3.97. The molecule has 126 valence electrons. The molecule has 0 bridgehead atoms. The van der Waals surface area contributed by atoms with E-state index < -0.39 is 12.1 Å². The number of Topliss-reactive ketones (excluding diaryl/α,β-unsaturated/α-hetero) is 1. The second-order valence-electron chi connectivity index (χ2n) is 4.96. The number of esters is 1. The summed E-state index contributed by atoms with van der Waals surface area (Å²) in [5.41, 5.74) is 0.703. The van der Waals surface area contributed by atoms with E-state index in [1.54, 1.807) is 30.3 Å². The molecule has 2 rings (SSSR count). The number of hydrogen-bond acceptors (Lipinski definition) is 6. The Morgan fingerprint density at radius 1 is 1.08 bits per heavy atom. The Hall–Kier alpha value is -2.89. The first-order valence-electron chi connectivity index (χ1n) is 7.53. The molecule has 1 heterocycles. The third-order valence-corrected chi connectivity index (χ3v) is 3.28. The smallest absolute Gasteiger partial charge is 0.340 e. The highest BCUT2D eigenvalue weighted by Crippen LogP contribution is 2.15. The molecule has 0 N–H and O–H groups in total. The number of methoxy groups -OCH3 is 1. The number of benzene rings is 1. The molecule has 1 atom stereocenters. The lowest BCUT2D eigenvalue weighted by Crippen LogP contribution is -2.24. The molecule has 6 nitrogen and oxygen atoms in total.